The maximum Gasteiger partial charge on any atom is 0.227 e. The summed E-state index contributed by atoms with van der Waals surface area (Å²) >= 11 is 0. The van der Waals surface area contributed by atoms with Crippen molar-refractivity contribution >= 4 is 9.84 Å². The van der Waals surface area contributed by atoms with E-state index in [4.69, 9.17) is 10.3 Å². The monoisotopic (exact) mass is 259 g/mol. The second kappa shape index (κ2) is 4.73. The third-order valence-corrected chi connectivity index (χ3v) is 5.16. The van der Waals surface area contributed by atoms with Crippen molar-refractivity contribution in [2.75, 3.05) is 5.75 Å². The van der Waals surface area contributed by atoms with Crippen LogP contribution in [-0.2, 0) is 22.7 Å². The van der Waals surface area contributed by atoms with Gasteiger partial charge in [-0.25, -0.2) is 8.42 Å². The lowest BCUT2D eigenvalue weighted by Gasteiger charge is -2.04. The first-order valence-electron chi connectivity index (χ1n) is 5.76. The molecule has 2 atom stereocenters. The highest BCUT2D eigenvalue weighted by molar-refractivity contribution is 7.92. The van der Waals surface area contributed by atoms with Crippen molar-refractivity contribution in [2.45, 2.75) is 43.9 Å². The first-order valence-corrected chi connectivity index (χ1v) is 7.47. The molecule has 2 rings (SSSR count). The molecule has 1 fully saturated rings. The summed E-state index contributed by atoms with van der Waals surface area (Å²) in [4.78, 5) is 4.16. The van der Waals surface area contributed by atoms with Gasteiger partial charge in [0, 0.05) is 18.9 Å². The van der Waals surface area contributed by atoms with Crippen LogP contribution in [0.2, 0.25) is 0 Å². The van der Waals surface area contributed by atoms with E-state index in [1.54, 1.807) is 0 Å². The second-order valence-corrected chi connectivity index (χ2v) is 7.02. The van der Waals surface area contributed by atoms with Crippen molar-refractivity contribution < 1.29 is 12.9 Å². The Hall–Kier alpha value is -0.950. The molecular weight excluding hydrogens is 242 g/mol. The lowest BCUT2D eigenvalue weighted by Crippen LogP contribution is -2.19. The molecule has 2 N–H and O–H groups in total. The van der Waals surface area contributed by atoms with E-state index in [1.807, 2.05) is 6.92 Å². The molecule has 0 bridgehead atoms. The van der Waals surface area contributed by atoms with Gasteiger partial charge < -0.3 is 10.3 Å². The molecule has 1 aliphatic rings. The number of nitrogens with zero attached hydrogens (tertiary/aromatic N) is 2. The van der Waals surface area contributed by atoms with Gasteiger partial charge in [0.1, 0.15) is 0 Å². The minimum absolute atomic E-state index is 0.0318. The molecule has 0 amide bonds. The summed E-state index contributed by atoms with van der Waals surface area (Å²) in [5.74, 6) is 1.22. The van der Waals surface area contributed by atoms with Gasteiger partial charge in [-0.05, 0) is 19.8 Å². The van der Waals surface area contributed by atoms with Gasteiger partial charge >= 0.3 is 0 Å². The number of sulfone groups is 1. The smallest absolute Gasteiger partial charge is 0.227 e. The van der Waals surface area contributed by atoms with Crippen LogP contribution in [-0.4, -0.2) is 35.6 Å². The van der Waals surface area contributed by atoms with E-state index in [-0.39, 0.29) is 17.0 Å². The molecule has 1 aliphatic heterocycles. The fourth-order valence-electron chi connectivity index (χ4n) is 2.03. The molecule has 0 aliphatic carbocycles. The fraction of sp³-hybridized carbons (Fsp3) is 0.800. The van der Waals surface area contributed by atoms with Crippen LogP contribution in [0.25, 0.3) is 0 Å². The third kappa shape index (κ3) is 3.04. The summed E-state index contributed by atoms with van der Waals surface area (Å²) in [7, 11) is -2.95. The zero-order chi connectivity index (χ0) is 12.5. The zero-order valence-corrected chi connectivity index (χ0v) is 10.6. The van der Waals surface area contributed by atoms with E-state index in [1.165, 1.54) is 0 Å². The molecule has 0 aromatic carbocycles. The Morgan fingerprint density at radius 3 is 2.94 bits per heavy atom. The summed E-state index contributed by atoms with van der Waals surface area (Å²) < 4.78 is 28.3. The summed E-state index contributed by atoms with van der Waals surface area (Å²) in [6, 6.07) is -0.0318. The highest BCUT2D eigenvalue weighted by Crippen LogP contribution is 2.23. The lowest BCUT2D eigenvalue weighted by molar-refractivity contribution is 0.369. The van der Waals surface area contributed by atoms with Gasteiger partial charge in [0.15, 0.2) is 15.7 Å². The van der Waals surface area contributed by atoms with Gasteiger partial charge in [-0.3, -0.25) is 0 Å². The minimum atomic E-state index is -2.95. The summed E-state index contributed by atoms with van der Waals surface area (Å²) in [6.45, 7) is 1.86. The summed E-state index contributed by atoms with van der Waals surface area (Å²) in [6.07, 6.45) is 2.29. The summed E-state index contributed by atoms with van der Waals surface area (Å²) in [5, 5.41) is 3.43. The van der Waals surface area contributed by atoms with E-state index < -0.39 is 9.84 Å². The number of nitrogens with two attached hydrogens (primary N) is 1. The van der Waals surface area contributed by atoms with Crippen molar-refractivity contribution in [2.24, 2.45) is 5.73 Å². The van der Waals surface area contributed by atoms with E-state index in [9.17, 15) is 8.42 Å². The van der Waals surface area contributed by atoms with E-state index in [2.05, 4.69) is 10.1 Å². The first kappa shape index (κ1) is 12.5. The molecule has 0 spiro atoms. The predicted octanol–water partition coefficient (Wildman–Crippen LogP) is 0.0790. The third-order valence-electron chi connectivity index (χ3n) is 2.88. The molecule has 96 valence electrons. The van der Waals surface area contributed by atoms with E-state index >= 15 is 0 Å². The largest absolute Gasteiger partial charge is 0.339 e. The average molecular weight is 259 g/mol. The van der Waals surface area contributed by atoms with Gasteiger partial charge in [0.2, 0.25) is 5.89 Å². The molecule has 2 heterocycles. The van der Waals surface area contributed by atoms with Crippen molar-refractivity contribution in [3.05, 3.63) is 11.7 Å². The molecule has 17 heavy (non-hydrogen) atoms. The van der Waals surface area contributed by atoms with Crippen LogP contribution in [0.15, 0.2) is 4.52 Å². The minimum Gasteiger partial charge on any atom is -0.339 e. The van der Waals surface area contributed by atoms with Crippen molar-refractivity contribution in [1.82, 2.24) is 10.1 Å². The molecule has 7 heteroatoms. The molecule has 0 radical (unpaired) electrons. The van der Waals surface area contributed by atoms with Gasteiger partial charge in [0.25, 0.3) is 0 Å². The van der Waals surface area contributed by atoms with Crippen LogP contribution in [0.5, 0.6) is 0 Å². The molecule has 1 saturated heterocycles. The van der Waals surface area contributed by atoms with Crippen LogP contribution in [0, 0.1) is 0 Å². The molecule has 2 unspecified atom stereocenters. The fourth-order valence-corrected chi connectivity index (χ4v) is 3.85. The van der Waals surface area contributed by atoms with Crippen LogP contribution in [0.1, 0.15) is 31.5 Å². The number of aromatic nitrogens is 2. The number of rotatable bonds is 4. The topological polar surface area (TPSA) is 99.1 Å². The van der Waals surface area contributed by atoms with Crippen molar-refractivity contribution in [3.8, 4) is 0 Å². The highest BCUT2D eigenvalue weighted by Gasteiger charge is 2.32. The Morgan fingerprint density at radius 1 is 1.59 bits per heavy atom. The van der Waals surface area contributed by atoms with Crippen LogP contribution >= 0.6 is 0 Å². The van der Waals surface area contributed by atoms with E-state index in [0.29, 0.717) is 31.0 Å². The first-order chi connectivity index (χ1) is 7.97. The molecule has 1 aromatic rings. The van der Waals surface area contributed by atoms with Crippen LogP contribution in [0.3, 0.4) is 0 Å². The molecule has 1 aromatic heterocycles. The lowest BCUT2D eigenvalue weighted by atomic mass is 10.2. The maximum atomic E-state index is 11.6. The van der Waals surface area contributed by atoms with Crippen LogP contribution < -0.4 is 5.73 Å². The maximum absolute atomic E-state index is 11.6. The van der Waals surface area contributed by atoms with Crippen molar-refractivity contribution in [1.29, 1.82) is 0 Å². The van der Waals surface area contributed by atoms with E-state index in [0.717, 1.165) is 6.42 Å². The zero-order valence-electron chi connectivity index (χ0n) is 9.80. The molecule has 6 nitrogen and oxygen atoms in total. The Labute approximate surface area is 100 Å². The standard InChI is InChI=1S/C10H17N3O3S/c1-7(11)5-9-12-10(16-13-9)6-8-3-2-4-17(8,14)15/h7-8H,2-6,11H2,1H3. The predicted molar refractivity (Wildman–Crippen MR) is 62.2 cm³/mol. The highest BCUT2D eigenvalue weighted by atomic mass is 32.2. The number of hydrogen-bond acceptors (Lipinski definition) is 6. The average Bonchev–Trinajstić information content (AvgIpc) is 2.75. The normalized spacial score (nSPS) is 24.9. The van der Waals surface area contributed by atoms with Gasteiger partial charge in [-0.15, -0.1) is 0 Å². The van der Waals surface area contributed by atoms with Crippen LogP contribution in [0.4, 0.5) is 0 Å². The number of hydrogen-bond donors (Lipinski definition) is 1. The quantitative estimate of drug-likeness (QED) is 0.822. The Bertz CT molecular complexity index is 481. The Balaban J connectivity index is 2.02. The molecule has 0 saturated carbocycles. The SMILES string of the molecule is CC(N)Cc1noc(CC2CCCS2(=O)=O)n1. The van der Waals surface area contributed by atoms with Crippen molar-refractivity contribution in [3.63, 3.8) is 0 Å². The molecular formula is C10H17N3O3S. The summed E-state index contributed by atoms with van der Waals surface area (Å²) in [5.41, 5.74) is 5.62. The Morgan fingerprint density at radius 2 is 2.35 bits per heavy atom. The van der Waals surface area contributed by atoms with Gasteiger partial charge in [-0.2, -0.15) is 4.98 Å². The Kier molecular flexibility index (Phi) is 3.48. The van der Waals surface area contributed by atoms with Gasteiger partial charge in [0.05, 0.1) is 11.0 Å². The van der Waals surface area contributed by atoms with Gasteiger partial charge in [-0.1, -0.05) is 5.16 Å². The second-order valence-electron chi connectivity index (χ2n) is 4.62.